The van der Waals surface area contributed by atoms with Crippen molar-refractivity contribution in [3.63, 3.8) is 0 Å². The van der Waals surface area contributed by atoms with Crippen LogP contribution in [0.15, 0.2) is 47.3 Å². The fraction of sp³-hybridized carbons (Fsp3) is 0.500. The number of ether oxygens (including phenoxy) is 1. The number of fused-ring (bicyclic) bond motifs is 1. The third-order valence-corrected chi connectivity index (χ3v) is 6.99. The lowest BCUT2D eigenvalue weighted by Crippen LogP contribution is -2.45. The van der Waals surface area contributed by atoms with Crippen molar-refractivity contribution in [2.24, 2.45) is 0 Å². The van der Waals surface area contributed by atoms with Gasteiger partial charge in [0.25, 0.3) is 0 Å². The molecular weight excluding hydrogens is 430 g/mol. The number of sulfone groups is 1. The van der Waals surface area contributed by atoms with E-state index in [1.807, 2.05) is 47.1 Å². The topological polar surface area (TPSA) is 95.9 Å². The fourth-order valence-corrected chi connectivity index (χ4v) is 4.93. The van der Waals surface area contributed by atoms with E-state index in [0.29, 0.717) is 42.7 Å². The molecule has 172 valence electrons. The maximum absolute atomic E-state index is 12.2. The molecule has 32 heavy (non-hydrogen) atoms. The first kappa shape index (κ1) is 22.5. The molecule has 3 heterocycles. The average molecular weight is 460 g/mol. The summed E-state index contributed by atoms with van der Waals surface area (Å²) in [4.78, 5) is 27.0. The van der Waals surface area contributed by atoms with Crippen LogP contribution in [0.3, 0.4) is 0 Å². The Morgan fingerprint density at radius 3 is 2.69 bits per heavy atom. The number of likely N-dealkylation sites (N-methyl/N-ethyl adjacent to an activating group) is 1. The van der Waals surface area contributed by atoms with Gasteiger partial charge in [-0.3, -0.25) is 4.79 Å². The van der Waals surface area contributed by atoms with Crippen LogP contribution in [0.2, 0.25) is 0 Å². The first-order valence-corrected chi connectivity index (χ1v) is 12.6. The van der Waals surface area contributed by atoms with Gasteiger partial charge >= 0.3 is 0 Å². The number of allylic oxidation sites excluding steroid dienone is 1. The summed E-state index contributed by atoms with van der Waals surface area (Å²) in [5, 5.41) is 0. The number of anilines is 1. The minimum atomic E-state index is -3.23. The highest BCUT2D eigenvalue weighted by Crippen LogP contribution is 2.34. The molecule has 1 fully saturated rings. The number of piperidine rings is 1. The molecule has 2 aliphatic heterocycles. The van der Waals surface area contributed by atoms with Gasteiger partial charge in [-0.2, -0.15) is 0 Å². The lowest BCUT2D eigenvalue weighted by Gasteiger charge is -2.32. The number of hydrogen-bond acceptors (Lipinski definition) is 8. The SMILES string of the molecule is CN(C)CC(=O)N1CCC(Oc2cc(N3C=CC4=CC(S(C)(=O)=O)=CCC43)ncn2)CC1. The van der Waals surface area contributed by atoms with E-state index in [9.17, 15) is 13.2 Å². The van der Waals surface area contributed by atoms with Crippen LogP contribution in [0.4, 0.5) is 5.82 Å². The Labute approximate surface area is 189 Å². The Morgan fingerprint density at radius 2 is 2.00 bits per heavy atom. The summed E-state index contributed by atoms with van der Waals surface area (Å²) in [6.45, 7) is 1.77. The van der Waals surface area contributed by atoms with Crippen LogP contribution in [0.5, 0.6) is 5.88 Å². The van der Waals surface area contributed by atoms with Gasteiger partial charge in [0.1, 0.15) is 18.2 Å². The molecule has 0 N–H and O–H groups in total. The average Bonchev–Trinajstić information content (AvgIpc) is 3.17. The van der Waals surface area contributed by atoms with E-state index in [1.54, 1.807) is 12.2 Å². The molecule has 0 bridgehead atoms. The predicted octanol–water partition coefficient (Wildman–Crippen LogP) is 1.37. The van der Waals surface area contributed by atoms with Crippen molar-refractivity contribution >= 4 is 21.6 Å². The summed E-state index contributed by atoms with van der Waals surface area (Å²) in [6, 6.07) is 1.82. The largest absolute Gasteiger partial charge is 0.474 e. The molecule has 0 aromatic carbocycles. The molecular formula is C22H29N5O4S. The second-order valence-corrected chi connectivity index (χ2v) is 10.7. The molecule has 1 unspecified atom stereocenters. The standard InChI is InChI=1S/C22H29N5O4S/c1-25(2)14-22(28)26-9-7-17(8-10-26)31-21-13-20(23-15-24-21)27-11-6-16-12-18(32(3,29)30)4-5-19(16)27/h4,6,11-13,15,17,19H,5,7-10,14H2,1-3H3. The lowest BCUT2D eigenvalue weighted by molar-refractivity contribution is -0.133. The number of aromatic nitrogens is 2. The zero-order valence-corrected chi connectivity index (χ0v) is 19.5. The third-order valence-electron chi connectivity index (χ3n) is 5.85. The Bertz CT molecular complexity index is 1070. The molecule has 1 amide bonds. The zero-order valence-electron chi connectivity index (χ0n) is 18.6. The van der Waals surface area contributed by atoms with Gasteiger partial charge in [-0.15, -0.1) is 0 Å². The normalized spacial score (nSPS) is 21.4. The number of likely N-dealkylation sites (tertiary alicyclic amines) is 1. The van der Waals surface area contributed by atoms with Crippen molar-refractivity contribution < 1.29 is 17.9 Å². The van der Waals surface area contributed by atoms with Crippen LogP contribution in [-0.4, -0.2) is 86.2 Å². The van der Waals surface area contributed by atoms with Crippen LogP contribution in [-0.2, 0) is 14.6 Å². The predicted molar refractivity (Wildman–Crippen MR) is 122 cm³/mol. The van der Waals surface area contributed by atoms with Crippen molar-refractivity contribution in [1.29, 1.82) is 0 Å². The van der Waals surface area contributed by atoms with Crippen LogP contribution in [0.1, 0.15) is 19.3 Å². The quantitative estimate of drug-likeness (QED) is 0.629. The van der Waals surface area contributed by atoms with Crippen molar-refractivity contribution in [1.82, 2.24) is 19.8 Å². The molecule has 1 aromatic heterocycles. The van der Waals surface area contributed by atoms with Gasteiger partial charge in [0.05, 0.1) is 17.5 Å². The summed E-state index contributed by atoms with van der Waals surface area (Å²) in [5.74, 6) is 1.35. The molecule has 9 nitrogen and oxygen atoms in total. The number of rotatable bonds is 6. The summed E-state index contributed by atoms with van der Waals surface area (Å²) in [6.07, 6.45) is 12.1. The summed E-state index contributed by atoms with van der Waals surface area (Å²) in [5.41, 5.74) is 0.948. The minimum absolute atomic E-state index is 0.000617. The second kappa shape index (κ2) is 9.03. The summed E-state index contributed by atoms with van der Waals surface area (Å²) < 4.78 is 29.8. The molecule has 1 aromatic rings. The molecule has 4 rings (SSSR count). The van der Waals surface area contributed by atoms with Gasteiger partial charge in [-0.05, 0) is 38.2 Å². The van der Waals surface area contributed by atoms with E-state index in [2.05, 4.69) is 9.97 Å². The zero-order chi connectivity index (χ0) is 22.9. The molecule has 0 saturated carbocycles. The van der Waals surface area contributed by atoms with Gasteiger partial charge in [-0.1, -0.05) is 6.08 Å². The lowest BCUT2D eigenvalue weighted by atomic mass is 10.0. The highest BCUT2D eigenvalue weighted by Gasteiger charge is 2.30. The smallest absolute Gasteiger partial charge is 0.236 e. The van der Waals surface area contributed by atoms with E-state index in [1.165, 1.54) is 12.6 Å². The Hall–Kier alpha value is -2.72. The minimum Gasteiger partial charge on any atom is -0.474 e. The Balaban J connectivity index is 1.38. The van der Waals surface area contributed by atoms with Gasteiger partial charge < -0.3 is 19.4 Å². The highest BCUT2D eigenvalue weighted by atomic mass is 32.2. The van der Waals surface area contributed by atoms with Gasteiger partial charge in [0, 0.05) is 44.5 Å². The summed E-state index contributed by atoms with van der Waals surface area (Å²) >= 11 is 0. The van der Waals surface area contributed by atoms with Crippen LogP contribution < -0.4 is 9.64 Å². The number of amides is 1. The van der Waals surface area contributed by atoms with E-state index in [4.69, 9.17) is 4.74 Å². The first-order valence-electron chi connectivity index (χ1n) is 10.7. The molecule has 1 atom stereocenters. The van der Waals surface area contributed by atoms with Gasteiger partial charge in [-0.25, -0.2) is 18.4 Å². The van der Waals surface area contributed by atoms with Crippen molar-refractivity contribution in [3.8, 4) is 5.88 Å². The molecule has 1 saturated heterocycles. The van der Waals surface area contributed by atoms with Gasteiger partial charge in [0.15, 0.2) is 9.84 Å². The van der Waals surface area contributed by atoms with Crippen molar-refractivity contribution in [3.05, 3.63) is 47.3 Å². The van der Waals surface area contributed by atoms with E-state index >= 15 is 0 Å². The van der Waals surface area contributed by atoms with Crippen LogP contribution >= 0.6 is 0 Å². The highest BCUT2D eigenvalue weighted by molar-refractivity contribution is 7.94. The molecule has 0 radical (unpaired) electrons. The monoisotopic (exact) mass is 459 g/mol. The maximum Gasteiger partial charge on any atom is 0.236 e. The third kappa shape index (κ3) is 5.02. The fourth-order valence-electron chi connectivity index (χ4n) is 4.18. The van der Waals surface area contributed by atoms with Crippen molar-refractivity contribution in [2.75, 3.05) is 44.9 Å². The number of nitrogens with zero attached hydrogens (tertiary/aromatic N) is 5. The van der Waals surface area contributed by atoms with Gasteiger partial charge in [0.2, 0.25) is 11.8 Å². The number of carbonyl (C=O) groups is 1. The second-order valence-electron chi connectivity index (χ2n) is 8.65. The number of hydrogen-bond donors (Lipinski definition) is 0. The van der Waals surface area contributed by atoms with Crippen LogP contribution in [0.25, 0.3) is 0 Å². The van der Waals surface area contributed by atoms with E-state index in [-0.39, 0.29) is 18.1 Å². The molecule has 1 aliphatic carbocycles. The van der Waals surface area contributed by atoms with E-state index in [0.717, 1.165) is 18.4 Å². The van der Waals surface area contributed by atoms with Crippen LogP contribution in [0, 0.1) is 0 Å². The molecule has 0 spiro atoms. The Kier molecular flexibility index (Phi) is 6.34. The van der Waals surface area contributed by atoms with E-state index < -0.39 is 9.84 Å². The van der Waals surface area contributed by atoms with Crippen molar-refractivity contribution in [2.45, 2.75) is 31.4 Å². The summed E-state index contributed by atoms with van der Waals surface area (Å²) in [7, 11) is 0.558. The number of carbonyl (C=O) groups excluding carboxylic acids is 1. The molecule has 10 heteroatoms. The molecule has 3 aliphatic rings. The Morgan fingerprint density at radius 1 is 1.25 bits per heavy atom. The first-order chi connectivity index (χ1) is 15.2. The maximum atomic E-state index is 12.2.